The maximum absolute atomic E-state index is 13.1. The molecule has 0 N–H and O–H groups in total. The van der Waals surface area contributed by atoms with Gasteiger partial charge in [-0.25, -0.2) is 0 Å². The molecular formula is C24H45N3O3. The zero-order chi connectivity index (χ0) is 21.6. The van der Waals surface area contributed by atoms with Gasteiger partial charge in [-0.15, -0.1) is 0 Å². The molecule has 2 saturated heterocycles. The molecule has 2 heterocycles. The second-order valence-electron chi connectivity index (χ2n) is 9.76. The average molecular weight is 424 g/mol. The number of fused-ring (bicyclic) bond motifs is 1. The molecule has 1 aliphatic carbocycles. The molecule has 1 saturated carbocycles. The van der Waals surface area contributed by atoms with Crippen molar-refractivity contribution in [3.63, 3.8) is 0 Å². The second kappa shape index (κ2) is 11.3. The lowest BCUT2D eigenvalue weighted by Crippen LogP contribution is -2.55. The maximum Gasteiger partial charge on any atom is 0.222 e. The molecule has 0 unspecified atom stereocenters. The highest BCUT2D eigenvalue weighted by atomic mass is 16.7. The van der Waals surface area contributed by atoms with Crippen LogP contribution in [-0.2, 0) is 14.3 Å². The number of nitrogens with zero attached hydrogens (tertiary/aromatic N) is 3. The van der Waals surface area contributed by atoms with Gasteiger partial charge in [0, 0.05) is 51.5 Å². The van der Waals surface area contributed by atoms with Crippen LogP contribution in [0.5, 0.6) is 0 Å². The van der Waals surface area contributed by atoms with Crippen molar-refractivity contribution in [2.45, 2.75) is 77.5 Å². The molecule has 0 aromatic heterocycles. The fourth-order valence-electron chi connectivity index (χ4n) is 6.00. The second-order valence-corrected chi connectivity index (χ2v) is 9.76. The van der Waals surface area contributed by atoms with Crippen LogP contribution >= 0.6 is 0 Å². The van der Waals surface area contributed by atoms with Crippen molar-refractivity contribution in [3.05, 3.63) is 0 Å². The third-order valence-electron chi connectivity index (χ3n) is 7.42. The maximum atomic E-state index is 13.1. The van der Waals surface area contributed by atoms with Gasteiger partial charge >= 0.3 is 0 Å². The summed E-state index contributed by atoms with van der Waals surface area (Å²) >= 11 is 0. The third kappa shape index (κ3) is 5.96. The van der Waals surface area contributed by atoms with Gasteiger partial charge in [0.15, 0.2) is 5.79 Å². The number of ether oxygens (including phenoxy) is 2. The van der Waals surface area contributed by atoms with Crippen LogP contribution in [0.1, 0.15) is 65.7 Å². The summed E-state index contributed by atoms with van der Waals surface area (Å²) in [5, 5.41) is 0. The van der Waals surface area contributed by atoms with E-state index in [1.807, 2.05) is 0 Å². The first-order valence-electron chi connectivity index (χ1n) is 12.5. The Morgan fingerprint density at radius 1 is 1.10 bits per heavy atom. The van der Waals surface area contributed by atoms with E-state index in [1.54, 1.807) is 0 Å². The van der Waals surface area contributed by atoms with E-state index in [1.165, 1.54) is 6.42 Å². The van der Waals surface area contributed by atoms with Gasteiger partial charge in [0.2, 0.25) is 5.91 Å². The summed E-state index contributed by atoms with van der Waals surface area (Å²) in [5.41, 5.74) is 0. The minimum Gasteiger partial charge on any atom is -0.348 e. The topological polar surface area (TPSA) is 45.2 Å². The first-order valence-corrected chi connectivity index (χ1v) is 12.5. The summed E-state index contributed by atoms with van der Waals surface area (Å²) in [4.78, 5) is 20.2. The number of likely N-dealkylation sites (tertiary alicyclic amines) is 1. The normalized spacial score (nSPS) is 28.8. The van der Waals surface area contributed by atoms with E-state index in [9.17, 15) is 4.79 Å². The van der Waals surface area contributed by atoms with Gasteiger partial charge in [0.25, 0.3) is 0 Å². The molecule has 6 heteroatoms. The van der Waals surface area contributed by atoms with E-state index in [0.29, 0.717) is 30.2 Å². The monoisotopic (exact) mass is 423 g/mol. The van der Waals surface area contributed by atoms with Crippen LogP contribution in [0.2, 0.25) is 0 Å². The molecule has 0 bridgehead atoms. The average Bonchev–Trinajstić information content (AvgIpc) is 3.16. The molecule has 6 nitrogen and oxygen atoms in total. The first-order chi connectivity index (χ1) is 14.5. The Labute approximate surface area is 184 Å². The lowest BCUT2D eigenvalue weighted by molar-refractivity contribution is -0.203. The van der Waals surface area contributed by atoms with Crippen LogP contribution < -0.4 is 0 Å². The van der Waals surface area contributed by atoms with Gasteiger partial charge in [0.1, 0.15) is 0 Å². The minimum absolute atomic E-state index is 0.329. The Kier molecular flexibility index (Phi) is 8.99. The molecule has 3 rings (SSSR count). The van der Waals surface area contributed by atoms with Gasteiger partial charge in [0.05, 0.1) is 13.2 Å². The Bertz CT molecular complexity index is 538. The van der Waals surface area contributed by atoms with Gasteiger partial charge in [-0.05, 0) is 64.6 Å². The Balaban J connectivity index is 1.58. The number of rotatable bonds is 10. The Morgan fingerprint density at radius 2 is 1.87 bits per heavy atom. The molecule has 0 aromatic carbocycles. The first kappa shape index (κ1) is 24.0. The van der Waals surface area contributed by atoms with Crippen LogP contribution in [0.25, 0.3) is 0 Å². The molecule has 174 valence electrons. The van der Waals surface area contributed by atoms with Crippen molar-refractivity contribution < 1.29 is 14.3 Å². The molecule has 3 atom stereocenters. The van der Waals surface area contributed by atoms with Crippen LogP contribution in [-0.4, -0.2) is 92.0 Å². The molecular weight excluding hydrogens is 378 g/mol. The van der Waals surface area contributed by atoms with Gasteiger partial charge in [-0.1, -0.05) is 13.8 Å². The predicted octanol–water partition coefficient (Wildman–Crippen LogP) is 3.21. The van der Waals surface area contributed by atoms with Crippen molar-refractivity contribution in [1.29, 1.82) is 0 Å². The lowest BCUT2D eigenvalue weighted by Gasteiger charge is -2.51. The van der Waals surface area contributed by atoms with Crippen molar-refractivity contribution >= 4 is 5.91 Å². The highest BCUT2D eigenvalue weighted by Crippen LogP contribution is 2.45. The highest BCUT2D eigenvalue weighted by molar-refractivity contribution is 5.76. The quantitative estimate of drug-likeness (QED) is 0.540. The summed E-state index contributed by atoms with van der Waals surface area (Å²) < 4.78 is 12.1. The van der Waals surface area contributed by atoms with E-state index < -0.39 is 0 Å². The Morgan fingerprint density at radius 3 is 2.53 bits per heavy atom. The molecule has 30 heavy (non-hydrogen) atoms. The zero-order valence-electron chi connectivity index (χ0n) is 19.9. The van der Waals surface area contributed by atoms with E-state index in [4.69, 9.17) is 9.47 Å². The molecule has 3 fully saturated rings. The summed E-state index contributed by atoms with van der Waals surface area (Å²) in [6.07, 6.45) is 7.34. The smallest absolute Gasteiger partial charge is 0.222 e. The highest BCUT2D eigenvalue weighted by Gasteiger charge is 2.48. The SMILES string of the molecule is CCCN(C)CCN(CC)C(=O)C[C@H]1C[C@@H]2CC3(CC[C@H]2N(CCC)C1)OCCO3. The number of carbonyl (C=O) groups is 1. The minimum atomic E-state index is -0.329. The number of hydrogen-bond acceptors (Lipinski definition) is 5. The van der Waals surface area contributed by atoms with Gasteiger partial charge in [-0.2, -0.15) is 0 Å². The largest absolute Gasteiger partial charge is 0.348 e. The Hall–Kier alpha value is -0.690. The number of carbonyl (C=O) groups excluding carboxylic acids is 1. The molecule has 3 aliphatic rings. The lowest BCUT2D eigenvalue weighted by atomic mass is 9.72. The van der Waals surface area contributed by atoms with Crippen LogP contribution in [0, 0.1) is 11.8 Å². The molecule has 1 spiro atoms. The zero-order valence-corrected chi connectivity index (χ0v) is 19.9. The number of piperidine rings is 1. The number of likely N-dealkylation sites (N-methyl/N-ethyl adjacent to an activating group) is 2. The fourth-order valence-corrected chi connectivity index (χ4v) is 6.00. The summed E-state index contributed by atoms with van der Waals surface area (Å²) in [6, 6.07) is 0.639. The molecule has 0 aromatic rings. The third-order valence-corrected chi connectivity index (χ3v) is 7.42. The van der Waals surface area contributed by atoms with Crippen molar-refractivity contribution in [2.24, 2.45) is 11.8 Å². The van der Waals surface area contributed by atoms with E-state index in [0.717, 1.165) is 84.6 Å². The van der Waals surface area contributed by atoms with E-state index >= 15 is 0 Å². The van der Waals surface area contributed by atoms with Gasteiger partial charge < -0.3 is 19.3 Å². The van der Waals surface area contributed by atoms with Gasteiger partial charge in [-0.3, -0.25) is 9.69 Å². The molecule has 0 radical (unpaired) electrons. The summed E-state index contributed by atoms with van der Waals surface area (Å²) in [7, 11) is 2.15. The summed E-state index contributed by atoms with van der Waals surface area (Å²) in [5.74, 6) is 1.04. The predicted molar refractivity (Wildman–Crippen MR) is 120 cm³/mol. The molecule has 2 aliphatic heterocycles. The molecule has 1 amide bonds. The number of hydrogen-bond donors (Lipinski definition) is 0. The van der Waals surface area contributed by atoms with Crippen LogP contribution in [0.4, 0.5) is 0 Å². The van der Waals surface area contributed by atoms with Crippen molar-refractivity contribution in [1.82, 2.24) is 14.7 Å². The fraction of sp³-hybridized carbons (Fsp3) is 0.958. The van der Waals surface area contributed by atoms with Crippen LogP contribution in [0.3, 0.4) is 0 Å². The standard InChI is InChI=1S/C24H45N3O3/c1-5-10-25(4)12-13-26(7-3)23(28)17-20-16-21-18-24(29-14-15-30-24)9-8-22(21)27(19-20)11-6-2/h20-22H,5-19H2,1-4H3/t20-,21-,22-/m1/s1. The summed E-state index contributed by atoms with van der Waals surface area (Å²) in [6.45, 7) is 14.0. The van der Waals surface area contributed by atoms with E-state index in [-0.39, 0.29) is 5.79 Å². The number of amides is 1. The van der Waals surface area contributed by atoms with Crippen molar-refractivity contribution in [2.75, 3.05) is 59.5 Å². The van der Waals surface area contributed by atoms with Crippen LogP contribution in [0.15, 0.2) is 0 Å². The van der Waals surface area contributed by atoms with E-state index in [2.05, 4.69) is 42.5 Å². The van der Waals surface area contributed by atoms with Crippen molar-refractivity contribution in [3.8, 4) is 0 Å².